The molecular weight excluding hydrogens is 360 g/mol. The molecule has 28 heavy (non-hydrogen) atoms. The SMILES string of the molecule is CC(=O)N(C)Cc1cccc(NC(=O)CCN2C(=O)NC3(CCCC3)C2=O)c1. The van der Waals surface area contributed by atoms with Gasteiger partial charge in [-0.1, -0.05) is 25.0 Å². The van der Waals surface area contributed by atoms with Gasteiger partial charge in [-0.15, -0.1) is 0 Å². The maximum atomic E-state index is 12.6. The van der Waals surface area contributed by atoms with E-state index in [0.29, 0.717) is 25.1 Å². The van der Waals surface area contributed by atoms with E-state index in [1.54, 1.807) is 30.1 Å². The van der Waals surface area contributed by atoms with E-state index in [9.17, 15) is 19.2 Å². The minimum atomic E-state index is -0.745. The first-order valence-electron chi connectivity index (χ1n) is 9.55. The zero-order valence-corrected chi connectivity index (χ0v) is 16.3. The van der Waals surface area contributed by atoms with Crippen LogP contribution in [0.15, 0.2) is 24.3 Å². The van der Waals surface area contributed by atoms with Crippen molar-refractivity contribution in [3.8, 4) is 0 Å². The van der Waals surface area contributed by atoms with Crippen molar-refractivity contribution < 1.29 is 19.2 Å². The number of rotatable bonds is 6. The van der Waals surface area contributed by atoms with Crippen molar-refractivity contribution in [3.05, 3.63) is 29.8 Å². The first-order valence-corrected chi connectivity index (χ1v) is 9.55. The molecule has 1 heterocycles. The lowest BCUT2D eigenvalue weighted by Gasteiger charge is -2.20. The minimum Gasteiger partial charge on any atom is -0.342 e. The third kappa shape index (κ3) is 4.16. The van der Waals surface area contributed by atoms with Crippen LogP contribution in [-0.4, -0.2) is 52.7 Å². The van der Waals surface area contributed by atoms with Gasteiger partial charge in [-0.05, 0) is 30.5 Å². The third-order valence-electron chi connectivity index (χ3n) is 5.43. The summed E-state index contributed by atoms with van der Waals surface area (Å²) in [5.74, 6) is -0.523. The van der Waals surface area contributed by atoms with Gasteiger partial charge >= 0.3 is 6.03 Å². The molecule has 2 N–H and O–H groups in total. The van der Waals surface area contributed by atoms with E-state index in [0.717, 1.165) is 23.3 Å². The highest BCUT2D eigenvalue weighted by molar-refractivity contribution is 6.07. The Morgan fingerprint density at radius 2 is 1.96 bits per heavy atom. The highest BCUT2D eigenvalue weighted by Crippen LogP contribution is 2.35. The molecule has 0 atom stereocenters. The molecule has 2 fully saturated rings. The van der Waals surface area contributed by atoms with Gasteiger partial charge in [0.25, 0.3) is 5.91 Å². The van der Waals surface area contributed by atoms with Crippen molar-refractivity contribution in [2.75, 3.05) is 18.9 Å². The Kier molecular flexibility index (Phi) is 5.67. The highest BCUT2D eigenvalue weighted by atomic mass is 16.2. The number of amides is 5. The summed E-state index contributed by atoms with van der Waals surface area (Å²) >= 11 is 0. The van der Waals surface area contributed by atoms with Gasteiger partial charge in [0, 0.05) is 39.2 Å². The number of urea groups is 1. The third-order valence-corrected chi connectivity index (χ3v) is 5.43. The summed E-state index contributed by atoms with van der Waals surface area (Å²) in [4.78, 5) is 51.1. The summed E-state index contributed by atoms with van der Waals surface area (Å²) in [5, 5.41) is 5.60. The number of carbonyl (C=O) groups excluding carboxylic acids is 4. The smallest absolute Gasteiger partial charge is 0.325 e. The lowest BCUT2D eigenvalue weighted by atomic mass is 9.98. The van der Waals surface area contributed by atoms with Crippen molar-refractivity contribution in [2.24, 2.45) is 0 Å². The van der Waals surface area contributed by atoms with Crippen LogP contribution >= 0.6 is 0 Å². The molecule has 1 aliphatic carbocycles. The minimum absolute atomic E-state index is 0.0345. The maximum absolute atomic E-state index is 12.6. The number of nitrogens with zero attached hydrogens (tertiary/aromatic N) is 2. The fourth-order valence-corrected chi connectivity index (χ4v) is 3.77. The molecule has 1 aromatic rings. The molecular formula is C20H26N4O4. The summed E-state index contributed by atoms with van der Waals surface area (Å²) < 4.78 is 0. The van der Waals surface area contributed by atoms with Crippen LogP contribution in [0, 0.1) is 0 Å². The van der Waals surface area contributed by atoms with Crippen molar-refractivity contribution in [2.45, 2.75) is 51.1 Å². The summed E-state index contributed by atoms with van der Waals surface area (Å²) in [5.41, 5.74) is 0.765. The fraction of sp³-hybridized carbons (Fsp3) is 0.500. The van der Waals surface area contributed by atoms with E-state index in [-0.39, 0.29) is 30.7 Å². The van der Waals surface area contributed by atoms with Crippen LogP contribution in [0.5, 0.6) is 0 Å². The second-order valence-corrected chi connectivity index (χ2v) is 7.55. The van der Waals surface area contributed by atoms with Gasteiger partial charge in [0.05, 0.1) is 0 Å². The van der Waals surface area contributed by atoms with Crippen LogP contribution in [0.25, 0.3) is 0 Å². The average Bonchev–Trinajstić information content (AvgIpc) is 3.19. The van der Waals surface area contributed by atoms with Crippen molar-refractivity contribution in [1.82, 2.24) is 15.1 Å². The first-order chi connectivity index (χ1) is 13.3. The van der Waals surface area contributed by atoms with Crippen LogP contribution < -0.4 is 10.6 Å². The van der Waals surface area contributed by atoms with Gasteiger partial charge < -0.3 is 15.5 Å². The number of benzene rings is 1. The van der Waals surface area contributed by atoms with Crippen molar-refractivity contribution in [3.63, 3.8) is 0 Å². The van der Waals surface area contributed by atoms with Gasteiger partial charge in [-0.25, -0.2) is 4.79 Å². The lowest BCUT2D eigenvalue weighted by molar-refractivity contribution is -0.131. The van der Waals surface area contributed by atoms with Crippen LogP contribution in [0.2, 0.25) is 0 Å². The van der Waals surface area contributed by atoms with E-state index >= 15 is 0 Å². The summed E-state index contributed by atoms with van der Waals surface area (Å²) in [6, 6.07) is 6.84. The average molecular weight is 386 g/mol. The maximum Gasteiger partial charge on any atom is 0.325 e. The van der Waals surface area contributed by atoms with Crippen LogP contribution in [0.1, 0.15) is 44.6 Å². The Morgan fingerprint density at radius 3 is 2.64 bits per heavy atom. The Hall–Kier alpha value is -2.90. The summed E-state index contributed by atoms with van der Waals surface area (Å²) in [7, 11) is 1.71. The fourth-order valence-electron chi connectivity index (χ4n) is 3.77. The second kappa shape index (κ2) is 8.00. The van der Waals surface area contributed by atoms with E-state index in [4.69, 9.17) is 0 Å². The summed E-state index contributed by atoms with van der Waals surface area (Å²) in [6.45, 7) is 2.01. The quantitative estimate of drug-likeness (QED) is 0.729. The number of nitrogens with one attached hydrogen (secondary N) is 2. The highest BCUT2D eigenvalue weighted by Gasteiger charge is 2.52. The molecule has 1 saturated heterocycles. The van der Waals surface area contributed by atoms with Gasteiger partial charge in [0.1, 0.15) is 5.54 Å². The van der Waals surface area contributed by atoms with Gasteiger partial charge in [-0.2, -0.15) is 0 Å². The number of hydrogen-bond acceptors (Lipinski definition) is 4. The zero-order chi connectivity index (χ0) is 20.3. The Labute approximate surface area is 164 Å². The molecule has 8 nitrogen and oxygen atoms in total. The molecule has 8 heteroatoms. The monoisotopic (exact) mass is 386 g/mol. The molecule has 0 radical (unpaired) electrons. The second-order valence-electron chi connectivity index (χ2n) is 7.55. The molecule has 1 spiro atoms. The number of carbonyl (C=O) groups is 4. The molecule has 2 aliphatic rings. The van der Waals surface area contributed by atoms with E-state index in [1.807, 2.05) is 6.07 Å². The van der Waals surface area contributed by atoms with Crippen LogP contribution in [0.4, 0.5) is 10.5 Å². The molecule has 0 unspecified atom stereocenters. The zero-order valence-electron chi connectivity index (χ0n) is 16.3. The van der Waals surface area contributed by atoms with Crippen LogP contribution in [0.3, 0.4) is 0 Å². The molecule has 1 aliphatic heterocycles. The number of imide groups is 1. The molecule has 5 amide bonds. The Balaban J connectivity index is 1.54. The standard InChI is InChI=1S/C20H26N4O4/c1-14(25)23(2)13-15-6-5-7-16(12-15)21-17(26)8-11-24-18(27)20(22-19(24)28)9-3-4-10-20/h5-7,12H,3-4,8-11,13H2,1-2H3,(H,21,26)(H,22,28). The first kappa shape index (κ1) is 19.9. The van der Waals surface area contributed by atoms with Gasteiger partial charge in [-0.3, -0.25) is 19.3 Å². The van der Waals surface area contributed by atoms with E-state index < -0.39 is 11.6 Å². The van der Waals surface area contributed by atoms with E-state index in [1.165, 1.54) is 6.92 Å². The number of hydrogen-bond donors (Lipinski definition) is 2. The molecule has 1 aromatic carbocycles. The topological polar surface area (TPSA) is 98.8 Å². The van der Waals surface area contributed by atoms with Crippen molar-refractivity contribution >= 4 is 29.4 Å². The Bertz CT molecular complexity index is 801. The molecule has 150 valence electrons. The van der Waals surface area contributed by atoms with Gasteiger partial charge in [0.2, 0.25) is 11.8 Å². The number of anilines is 1. The normalized spacial score (nSPS) is 17.7. The lowest BCUT2D eigenvalue weighted by Crippen LogP contribution is -2.44. The summed E-state index contributed by atoms with van der Waals surface area (Å²) in [6.07, 6.45) is 3.22. The predicted octanol–water partition coefficient (Wildman–Crippen LogP) is 1.86. The van der Waals surface area contributed by atoms with Crippen LogP contribution in [-0.2, 0) is 20.9 Å². The largest absolute Gasteiger partial charge is 0.342 e. The Morgan fingerprint density at radius 1 is 1.25 bits per heavy atom. The van der Waals surface area contributed by atoms with E-state index in [2.05, 4.69) is 10.6 Å². The van der Waals surface area contributed by atoms with Gasteiger partial charge in [0.15, 0.2) is 0 Å². The molecule has 3 rings (SSSR count). The molecule has 0 bridgehead atoms. The molecule has 1 saturated carbocycles. The predicted molar refractivity (Wildman–Crippen MR) is 103 cm³/mol. The van der Waals surface area contributed by atoms with Crippen molar-refractivity contribution in [1.29, 1.82) is 0 Å². The molecule has 0 aromatic heterocycles.